The van der Waals surface area contributed by atoms with Crippen molar-refractivity contribution in [3.05, 3.63) is 17.5 Å². The highest BCUT2D eigenvalue weighted by Crippen LogP contribution is 2.20. The van der Waals surface area contributed by atoms with Crippen LogP contribution in [-0.2, 0) is 14.3 Å². The summed E-state index contributed by atoms with van der Waals surface area (Å²) in [5, 5.41) is 6.31. The minimum absolute atomic E-state index is 0.211. The van der Waals surface area contributed by atoms with Gasteiger partial charge < -0.3 is 15.0 Å². The SMILES string of the molecule is CCOC(=O)c1c(NC(=O)C2=NNC(=O)CC2)c[nH]c1C. The van der Waals surface area contributed by atoms with Crippen LogP contribution in [0.4, 0.5) is 5.69 Å². The van der Waals surface area contributed by atoms with Crippen molar-refractivity contribution in [1.29, 1.82) is 0 Å². The summed E-state index contributed by atoms with van der Waals surface area (Å²) in [6.45, 7) is 3.66. The van der Waals surface area contributed by atoms with Crippen molar-refractivity contribution >= 4 is 29.2 Å². The fraction of sp³-hybridized carbons (Fsp3) is 0.385. The summed E-state index contributed by atoms with van der Waals surface area (Å²) in [6, 6.07) is 0. The van der Waals surface area contributed by atoms with E-state index in [0.29, 0.717) is 11.4 Å². The fourth-order valence-corrected chi connectivity index (χ4v) is 1.92. The molecule has 1 aliphatic rings. The predicted molar refractivity (Wildman–Crippen MR) is 74.9 cm³/mol. The number of carbonyl (C=O) groups is 3. The third-order valence-electron chi connectivity index (χ3n) is 2.97. The van der Waals surface area contributed by atoms with E-state index in [-0.39, 0.29) is 36.6 Å². The van der Waals surface area contributed by atoms with Gasteiger partial charge in [0, 0.05) is 24.7 Å². The molecule has 0 saturated heterocycles. The van der Waals surface area contributed by atoms with E-state index < -0.39 is 11.9 Å². The maximum atomic E-state index is 12.1. The van der Waals surface area contributed by atoms with Gasteiger partial charge in [-0.15, -0.1) is 0 Å². The van der Waals surface area contributed by atoms with Crippen molar-refractivity contribution < 1.29 is 19.1 Å². The summed E-state index contributed by atoms with van der Waals surface area (Å²) >= 11 is 0. The van der Waals surface area contributed by atoms with Crippen molar-refractivity contribution in [3.8, 4) is 0 Å². The maximum absolute atomic E-state index is 12.1. The number of rotatable bonds is 4. The molecule has 2 heterocycles. The Morgan fingerprint density at radius 3 is 2.81 bits per heavy atom. The smallest absolute Gasteiger partial charge is 0.342 e. The van der Waals surface area contributed by atoms with Gasteiger partial charge >= 0.3 is 5.97 Å². The number of H-pyrrole nitrogens is 1. The van der Waals surface area contributed by atoms with E-state index in [1.807, 2.05) is 0 Å². The number of amides is 2. The number of hydrazone groups is 1. The summed E-state index contributed by atoms with van der Waals surface area (Å²) < 4.78 is 4.95. The molecule has 0 bridgehead atoms. The standard InChI is InChI=1S/C13H16N4O4/c1-3-21-13(20)11-7(2)14-6-9(11)15-12(19)8-4-5-10(18)17-16-8/h6,14H,3-5H2,1-2H3,(H,15,19)(H,17,18). The van der Waals surface area contributed by atoms with Crippen molar-refractivity contribution in [3.63, 3.8) is 0 Å². The molecule has 0 atom stereocenters. The molecule has 0 radical (unpaired) electrons. The normalized spacial score (nSPS) is 14.2. The van der Waals surface area contributed by atoms with E-state index in [4.69, 9.17) is 4.74 Å². The lowest BCUT2D eigenvalue weighted by molar-refractivity contribution is -0.121. The molecule has 2 amide bonds. The van der Waals surface area contributed by atoms with Crippen molar-refractivity contribution in [1.82, 2.24) is 10.4 Å². The lowest BCUT2D eigenvalue weighted by Crippen LogP contribution is -2.33. The summed E-state index contributed by atoms with van der Waals surface area (Å²) in [6.07, 6.45) is 1.99. The number of aromatic amines is 1. The topological polar surface area (TPSA) is 113 Å². The van der Waals surface area contributed by atoms with Gasteiger partial charge in [-0.05, 0) is 13.8 Å². The lowest BCUT2D eigenvalue weighted by Gasteiger charge is -2.12. The van der Waals surface area contributed by atoms with E-state index in [1.165, 1.54) is 6.20 Å². The number of ether oxygens (including phenoxy) is 1. The average molecular weight is 292 g/mol. The Bertz CT molecular complexity index is 618. The first kappa shape index (κ1) is 14.8. The van der Waals surface area contributed by atoms with Crippen molar-refractivity contribution in [2.75, 3.05) is 11.9 Å². The van der Waals surface area contributed by atoms with Crippen LogP contribution in [0.3, 0.4) is 0 Å². The zero-order chi connectivity index (χ0) is 15.4. The first-order valence-electron chi connectivity index (χ1n) is 6.54. The van der Waals surface area contributed by atoms with Crippen LogP contribution >= 0.6 is 0 Å². The van der Waals surface area contributed by atoms with Crippen molar-refractivity contribution in [2.24, 2.45) is 5.10 Å². The summed E-state index contributed by atoms with van der Waals surface area (Å²) in [7, 11) is 0. The Kier molecular flexibility index (Phi) is 4.36. The summed E-state index contributed by atoms with van der Waals surface area (Å²) in [5.41, 5.74) is 3.67. The summed E-state index contributed by atoms with van der Waals surface area (Å²) in [5.74, 6) is -1.19. The molecule has 0 spiro atoms. The number of nitrogens with zero attached hydrogens (tertiary/aromatic N) is 1. The molecule has 8 nitrogen and oxygen atoms in total. The highest BCUT2D eigenvalue weighted by molar-refractivity contribution is 6.43. The number of nitrogens with one attached hydrogen (secondary N) is 3. The van der Waals surface area contributed by atoms with Gasteiger partial charge in [0.2, 0.25) is 5.91 Å². The van der Waals surface area contributed by atoms with E-state index in [1.54, 1.807) is 13.8 Å². The second-order valence-corrected chi connectivity index (χ2v) is 4.47. The van der Waals surface area contributed by atoms with E-state index in [2.05, 4.69) is 20.8 Å². The Balaban J connectivity index is 2.15. The van der Waals surface area contributed by atoms with Crippen LogP contribution in [0, 0.1) is 6.92 Å². The van der Waals surface area contributed by atoms with Crippen LogP contribution < -0.4 is 10.7 Å². The van der Waals surface area contributed by atoms with Crippen LogP contribution in [0.2, 0.25) is 0 Å². The van der Waals surface area contributed by atoms with Gasteiger partial charge in [0.15, 0.2) is 0 Å². The molecule has 112 valence electrons. The molecular formula is C13H16N4O4. The van der Waals surface area contributed by atoms with Crippen LogP contribution in [0.5, 0.6) is 0 Å². The molecule has 3 N–H and O–H groups in total. The molecule has 1 aromatic heterocycles. The Labute approximate surface area is 120 Å². The van der Waals surface area contributed by atoms with E-state index in [9.17, 15) is 14.4 Å². The summed E-state index contributed by atoms with van der Waals surface area (Å²) in [4.78, 5) is 37.8. The molecule has 1 aromatic rings. The van der Waals surface area contributed by atoms with Gasteiger partial charge in [0.05, 0.1) is 12.3 Å². The molecule has 2 rings (SSSR count). The van der Waals surface area contributed by atoms with Gasteiger partial charge in [-0.2, -0.15) is 5.10 Å². The van der Waals surface area contributed by atoms with E-state index in [0.717, 1.165) is 0 Å². The molecule has 1 aliphatic heterocycles. The van der Waals surface area contributed by atoms with Crippen LogP contribution in [0.25, 0.3) is 0 Å². The monoisotopic (exact) mass is 292 g/mol. The number of anilines is 1. The maximum Gasteiger partial charge on any atom is 0.342 e. The zero-order valence-corrected chi connectivity index (χ0v) is 11.8. The quantitative estimate of drug-likeness (QED) is 0.709. The van der Waals surface area contributed by atoms with Gasteiger partial charge in [0.25, 0.3) is 5.91 Å². The zero-order valence-electron chi connectivity index (χ0n) is 11.8. The third kappa shape index (κ3) is 3.28. The highest BCUT2D eigenvalue weighted by Gasteiger charge is 2.23. The molecule has 0 saturated carbocycles. The fourth-order valence-electron chi connectivity index (χ4n) is 1.92. The van der Waals surface area contributed by atoms with Crippen molar-refractivity contribution in [2.45, 2.75) is 26.7 Å². The second kappa shape index (κ2) is 6.21. The first-order valence-corrected chi connectivity index (χ1v) is 6.54. The molecule has 21 heavy (non-hydrogen) atoms. The second-order valence-electron chi connectivity index (χ2n) is 4.47. The highest BCUT2D eigenvalue weighted by atomic mass is 16.5. The van der Waals surface area contributed by atoms with E-state index >= 15 is 0 Å². The van der Waals surface area contributed by atoms with Gasteiger partial charge in [-0.1, -0.05) is 0 Å². The Hall–Kier alpha value is -2.64. The minimum atomic E-state index is -0.509. The number of carbonyl (C=O) groups excluding carboxylic acids is 3. The molecule has 8 heteroatoms. The average Bonchev–Trinajstić information content (AvgIpc) is 2.80. The lowest BCUT2D eigenvalue weighted by atomic mass is 10.1. The van der Waals surface area contributed by atoms with Gasteiger partial charge in [-0.3, -0.25) is 9.59 Å². The molecule has 0 fully saturated rings. The third-order valence-corrected chi connectivity index (χ3v) is 2.97. The number of aromatic nitrogens is 1. The first-order chi connectivity index (χ1) is 10.0. The number of aryl methyl sites for hydroxylation is 1. The van der Waals surface area contributed by atoms with Gasteiger partial charge in [0.1, 0.15) is 11.3 Å². The van der Waals surface area contributed by atoms with Crippen LogP contribution in [0.15, 0.2) is 11.3 Å². The van der Waals surface area contributed by atoms with Crippen LogP contribution in [-0.4, -0.2) is 35.1 Å². The predicted octanol–water partition coefficient (Wildman–Crippen LogP) is 0.704. The molecule has 0 aromatic carbocycles. The van der Waals surface area contributed by atoms with Crippen LogP contribution in [0.1, 0.15) is 35.8 Å². The number of hydrogen-bond donors (Lipinski definition) is 3. The number of esters is 1. The Morgan fingerprint density at radius 2 is 2.19 bits per heavy atom. The number of hydrogen-bond acceptors (Lipinski definition) is 5. The minimum Gasteiger partial charge on any atom is -0.462 e. The Morgan fingerprint density at radius 1 is 1.43 bits per heavy atom. The molecule has 0 unspecified atom stereocenters. The molecular weight excluding hydrogens is 276 g/mol. The molecule has 0 aliphatic carbocycles. The largest absolute Gasteiger partial charge is 0.462 e. The van der Waals surface area contributed by atoms with Gasteiger partial charge in [-0.25, -0.2) is 10.2 Å².